The van der Waals surface area contributed by atoms with Crippen molar-refractivity contribution in [1.29, 1.82) is 5.26 Å². The van der Waals surface area contributed by atoms with Crippen molar-refractivity contribution < 1.29 is 13.2 Å². The second-order valence-electron chi connectivity index (χ2n) is 4.36. The molecule has 2 nitrogen and oxygen atoms in total. The Kier molecular flexibility index (Phi) is 4.39. The van der Waals surface area contributed by atoms with Crippen molar-refractivity contribution in [3.05, 3.63) is 64.2 Å². The van der Waals surface area contributed by atoms with Crippen LogP contribution in [0.2, 0.25) is 5.02 Å². The Balaban J connectivity index is 2.12. The molecule has 0 heterocycles. The topological polar surface area (TPSA) is 35.8 Å². The zero-order valence-corrected chi connectivity index (χ0v) is 11.5. The number of benzene rings is 2. The van der Waals surface area contributed by atoms with Gasteiger partial charge in [0.15, 0.2) is 0 Å². The van der Waals surface area contributed by atoms with Gasteiger partial charge in [-0.3, -0.25) is 0 Å². The molecule has 0 radical (unpaired) electrons. The minimum atomic E-state index is -4.36. The van der Waals surface area contributed by atoms with Gasteiger partial charge in [0.1, 0.15) is 0 Å². The number of alkyl halides is 3. The van der Waals surface area contributed by atoms with Crippen LogP contribution in [0.1, 0.15) is 16.7 Å². The number of nitrogens with zero attached hydrogens (tertiary/aromatic N) is 1. The molecule has 0 bridgehead atoms. The summed E-state index contributed by atoms with van der Waals surface area (Å²) in [6.45, 7) is 0.204. The number of nitriles is 1. The van der Waals surface area contributed by atoms with Crippen LogP contribution in [0.3, 0.4) is 0 Å². The van der Waals surface area contributed by atoms with Gasteiger partial charge in [0.25, 0.3) is 0 Å². The van der Waals surface area contributed by atoms with Crippen molar-refractivity contribution >= 4 is 17.3 Å². The van der Waals surface area contributed by atoms with Crippen LogP contribution < -0.4 is 5.32 Å². The van der Waals surface area contributed by atoms with Gasteiger partial charge in [0.2, 0.25) is 0 Å². The molecule has 0 atom stereocenters. The molecule has 0 aliphatic carbocycles. The first-order valence-electron chi connectivity index (χ1n) is 6.00. The number of anilines is 1. The van der Waals surface area contributed by atoms with E-state index in [2.05, 4.69) is 5.32 Å². The summed E-state index contributed by atoms with van der Waals surface area (Å²) in [5.74, 6) is 0. The van der Waals surface area contributed by atoms with Gasteiger partial charge in [-0.1, -0.05) is 23.7 Å². The standard InChI is InChI=1S/C15H10ClF3N2/c16-13-7-10(8-20)4-5-14(13)21-9-11-2-1-3-12(6-11)15(17,18)19/h1-7,21H,9H2. The molecule has 0 fully saturated rings. The summed E-state index contributed by atoms with van der Waals surface area (Å²) in [6, 6.07) is 11.7. The fourth-order valence-corrected chi connectivity index (χ4v) is 2.03. The Bertz CT molecular complexity index is 690. The number of nitrogens with one attached hydrogen (secondary N) is 1. The molecule has 0 saturated heterocycles. The third kappa shape index (κ3) is 3.89. The fourth-order valence-electron chi connectivity index (χ4n) is 1.78. The van der Waals surface area contributed by atoms with E-state index in [1.54, 1.807) is 18.2 Å². The van der Waals surface area contributed by atoms with Crippen LogP contribution in [-0.2, 0) is 12.7 Å². The lowest BCUT2D eigenvalue weighted by molar-refractivity contribution is -0.137. The lowest BCUT2D eigenvalue weighted by atomic mass is 10.1. The van der Waals surface area contributed by atoms with E-state index in [0.29, 0.717) is 21.8 Å². The van der Waals surface area contributed by atoms with Gasteiger partial charge in [-0.15, -0.1) is 0 Å². The molecule has 0 aliphatic heterocycles. The number of hydrogen-bond donors (Lipinski definition) is 1. The summed E-state index contributed by atoms with van der Waals surface area (Å²) >= 11 is 5.98. The zero-order valence-electron chi connectivity index (χ0n) is 10.7. The maximum absolute atomic E-state index is 12.6. The van der Waals surface area contributed by atoms with Crippen LogP contribution in [0.4, 0.5) is 18.9 Å². The molecule has 2 aromatic carbocycles. The number of halogens is 4. The van der Waals surface area contributed by atoms with Crippen molar-refractivity contribution in [2.24, 2.45) is 0 Å². The van der Waals surface area contributed by atoms with Crippen LogP contribution in [0.15, 0.2) is 42.5 Å². The first-order chi connectivity index (χ1) is 9.90. The van der Waals surface area contributed by atoms with E-state index < -0.39 is 11.7 Å². The van der Waals surface area contributed by atoms with Gasteiger partial charge in [0.05, 0.1) is 27.9 Å². The second kappa shape index (κ2) is 6.06. The molecule has 0 unspecified atom stereocenters. The zero-order chi connectivity index (χ0) is 15.5. The van der Waals surface area contributed by atoms with Crippen molar-refractivity contribution in [2.75, 3.05) is 5.32 Å². The first kappa shape index (κ1) is 15.2. The van der Waals surface area contributed by atoms with Crippen LogP contribution in [0, 0.1) is 11.3 Å². The average Bonchev–Trinajstić information content (AvgIpc) is 2.45. The summed E-state index contributed by atoms with van der Waals surface area (Å²) in [4.78, 5) is 0. The Labute approximate surface area is 124 Å². The van der Waals surface area contributed by atoms with E-state index in [1.807, 2.05) is 6.07 Å². The molecule has 0 aromatic heterocycles. The highest BCUT2D eigenvalue weighted by atomic mass is 35.5. The Morgan fingerprint density at radius 1 is 1.14 bits per heavy atom. The van der Waals surface area contributed by atoms with E-state index in [4.69, 9.17) is 16.9 Å². The Morgan fingerprint density at radius 3 is 2.52 bits per heavy atom. The molecule has 0 amide bonds. The van der Waals surface area contributed by atoms with Gasteiger partial charge in [0, 0.05) is 6.54 Å². The van der Waals surface area contributed by atoms with Crippen molar-refractivity contribution in [3.63, 3.8) is 0 Å². The van der Waals surface area contributed by atoms with Crippen molar-refractivity contribution in [1.82, 2.24) is 0 Å². The smallest absolute Gasteiger partial charge is 0.380 e. The average molecular weight is 311 g/mol. The molecule has 2 rings (SSSR count). The summed E-state index contributed by atoms with van der Waals surface area (Å²) < 4.78 is 37.8. The largest absolute Gasteiger partial charge is 0.416 e. The third-order valence-corrected chi connectivity index (χ3v) is 3.15. The molecule has 21 heavy (non-hydrogen) atoms. The minimum absolute atomic E-state index is 0.204. The summed E-state index contributed by atoms with van der Waals surface area (Å²) in [5.41, 5.74) is 0.788. The molecular weight excluding hydrogens is 301 g/mol. The van der Waals surface area contributed by atoms with E-state index in [0.717, 1.165) is 12.1 Å². The second-order valence-corrected chi connectivity index (χ2v) is 4.77. The minimum Gasteiger partial charge on any atom is -0.380 e. The van der Waals surface area contributed by atoms with Crippen LogP contribution in [0.25, 0.3) is 0 Å². The highest BCUT2D eigenvalue weighted by Gasteiger charge is 2.30. The summed E-state index contributed by atoms with van der Waals surface area (Å²) in [6.07, 6.45) is -4.36. The maximum atomic E-state index is 12.6. The Hall–Kier alpha value is -2.19. The van der Waals surface area contributed by atoms with Gasteiger partial charge in [-0.2, -0.15) is 18.4 Å². The SMILES string of the molecule is N#Cc1ccc(NCc2cccc(C(F)(F)F)c2)c(Cl)c1. The van der Waals surface area contributed by atoms with Crippen LogP contribution >= 0.6 is 11.6 Å². The highest BCUT2D eigenvalue weighted by Crippen LogP contribution is 2.30. The van der Waals surface area contributed by atoms with Gasteiger partial charge < -0.3 is 5.32 Å². The molecule has 2 aromatic rings. The van der Waals surface area contributed by atoms with Gasteiger partial charge in [-0.25, -0.2) is 0 Å². The van der Waals surface area contributed by atoms with E-state index in [-0.39, 0.29) is 6.54 Å². The van der Waals surface area contributed by atoms with Crippen molar-refractivity contribution in [2.45, 2.75) is 12.7 Å². The molecule has 0 aliphatic rings. The molecule has 108 valence electrons. The van der Waals surface area contributed by atoms with Crippen LogP contribution in [0.5, 0.6) is 0 Å². The lowest BCUT2D eigenvalue weighted by Gasteiger charge is -2.11. The molecule has 0 saturated carbocycles. The molecule has 1 N–H and O–H groups in total. The fraction of sp³-hybridized carbons (Fsp3) is 0.133. The lowest BCUT2D eigenvalue weighted by Crippen LogP contribution is -2.07. The Morgan fingerprint density at radius 2 is 1.90 bits per heavy atom. The molecular formula is C15H10ClF3N2. The molecule has 6 heteroatoms. The predicted octanol–water partition coefficient (Wildman–Crippen LogP) is 4.84. The van der Waals surface area contributed by atoms with Crippen LogP contribution in [-0.4, -0.2) is 0 Å². The quantitative estimate of drug-likeness (QED) is 0.880. The predicted molar refractivity (Wildman–Crippen MR) is 74.9 cm³/mol. The number of rotatable bonds is 3. The van der Waals surface area contributed by atoms with E-state index in [9.17, 15) is 13.2 Å². The van der Waals surface area contributed by atoms with Crippen molar-refractivity contribution in [3.8, 4) is 6.07 Å². The third-order valence-electron chi connectivity index (χ3n) is 2.84. The van der Waals surface area contributed by atoms with Gasteiger partial charge >= 0.3 is 6.18 Å². The van der Waals surface area contributed by atoms with E-state index in [1.165, 1.54) is 12.1 Å². The van der Waals surface area contributed by atoms with Gasteiger partial charge in [-0.05, 0) is 35.9 Å². The normalized spacial score (nSPS) is 11.0. The van der Waals surface area contributed by atoms with E-state index >= 15 is 0 Å². The monoisotopic (exact) mass is 310 g/mol. The highest BCUT2D eigenvalue weighted by molar-refractivity contribution is 6.33. The summed E-state index contributed by atoms with van der Waals surface area (Å²) in [5, 5.41) is 12.0. The maximum Gasteiger partial charge on any atom is 0.416 e. The first-order valence-corrected chi connectivity index (χ1v) is 6.37. The summed E-state index contributed by atoms with van der Waals surface area (Å²) in [7, 11) is 0. The number of hydrogen-bond acceptors (Lipinski definition) is 2. The molecule has 0 spiro atoms.